The summed E-state index contributed by atoms with van der Waals surface area (Å²) in [5, 5.41) is 10.1. The number of aliphatic hydroxyl groups is 1. The number of rotatable bonds is 8. The van der Waals surface area contributed by atoms with Gasteiger partial charge in [-0.05, 0) is 32.4 Å². The molecular formula is C15H25NO2. The Morgan fingerprint density at radius 1 is 1.22 bits per heavy atom. The fraction of sp³-hybridized carbons (Fsp3) is 0.600. The van der Waals surface area contributed by atoms with Crippen LogP contribution < -0.4 is 0 Å². The van der Waals surface area contributed by atoms with Crippen molar-refractivity contribution in [1.82, 2.24) is 4.90 Å². The largest absolute Gasteiger partial charge is 0.388 e. The summed E-state index contributed by atoms with van der Waals surface area (Å²) in [7, 11) is 3.80. The molecule has 0 aliphatic heterocycles. The molecule has 1 aromatic carbocycles. The number of aryl methyl sites for hydroxylation is 1. The molecule has 0 bridgehead atoms. The lowest BCUT2D eigenvalue weighted by Crippen LogP contribution is -2.23. The van der Waals surface area contributed by atoms with Gasteiger partial charge in [0.25, 0.3) is 0 Å². The average Bonchev–Trinajstić information content (AvgIpc) is 2.37. The predicted octanol–water partition coefficient (Wildman–Crippen LogP) is 2.39. The summed E-state index contributed by atoms with van der Waals surface area (Å²) in [6, 6.07) is 8.09. The topological polar surface area (TPSA) is 32.7 Å². The van der Waals surface area contributed by atoms with Crippen LogP contribution in [0.5, 0.6) is 0 Å². The second-order valence-electron chi connectivity index (χ2n) is 4.86. The van der Waals surface area contributed by atoms with Crippen LogP contribution in [0.25, 0.3) is 0 Å². The molecule has 0 radical (unpaired) electrons. The number of hydrogen-bond donors (Lipinski definition) is 1. The van der Waals surface area contributed by atoms with Gasteiger partial charge in [0.2, 0.25) is 0 Å². The molecule has 0 fully saturated rings. The zero-order chi connectivity index (χ0) is 13.4. The molecule has 0 aliphatic rings. The zero-order valence-electron chi connectivity index (χ0n) is 11.7. The minimum absolute atomic E-state index is 0.365. The first-order valence-corrected chi connectivity index (χ1v) is 6.55. The number of hydrogen-bond acceptors (Lipinski definition) is 3. The fourth-order valence-corrected chi connectivity index (χ4v) is 1.89. The Hall–Kier alpha value is -0.900. The van der Waals surface area contributed by atoms with Crippen molar-refractivity contribution in [2.24, 2.45) is 0 Å². The molecule has 3 heteroatoms. The summed E-state index contributed by atoms with van der Waals surface area (Å²) in [4.78, 5) is 2.23. The minimum atomic E-state index is -0.365. The minimum Gasteiger partial charge on any atom is -0.388 e. The highest BCUT2D eigenvalue weighted by Gasteiger charge is 2.08. The van der Waals surface area contributed by atoms with Crippen molar-refractivity contribution in [3.63, 3.8) is 0 Å². The summed E-state index contributed by atoms with van der Waals surface area (Å²) >= 11 is 0. The van der Waals surface area contributed by atoms with E-state index in [0.717, 1.165) is 38.1 Å². The lowest BCUT2D eigenvalue weighted by molar-refractivity contribution is 0.141. The number of aliphatic hydroxyl groups excluding tert-OH is 1. The van der Waals surface area contributed by atoms with Crippen LogP contribution in [0.3, 0.4) is 0 Å². The van der Waals surface area contributed by atoms with E-state index < -0.39 is 0 Å². The highest BCUT2D eigenvalue weighted by atomic mass is 16.5. The van der Waals surface area contributed by atoms with Crippen LogP contribution >= 0.6 is 0 Å². The smallest absolute Gasteiger partial charge is 0.0802 e. The van der Waals surface area contributed by atoms with E-state index in [1.54, 1.807) is 7.11 Å². The van der Waals surface area contributed by atoms with Crippen LogP contribution in [-0.4, -0.2) is 43.9 Å². The molecule has 1 aromatic rings. The van der Waals surface area contributed by atoms with Gasteiger partial charge in [0.15, 0.2) is 0 Å². The van der Waals surface area contributed by atoms with E-state index in [4.69, 9.17) is 4.74 Å². The monoisotopic (exact) mass is 251 g/mol. The number of methoxy groups -OCH3 is 1. The Morgan fingerprint density at radius 2 is 1.89 bits per heavy atom. The van der Waals surface area contributed by atoms with E-state index in [1.165, 1.54) is 5.56 Å². The second kappa shape index (κ2) is 8.25. The highest BCUT2D eigenvalue weighted by molar-refractivity contribution is 5.22. The summed E-state index contributed by atoms with van der Waals surface area (Å²) in [5.41, 5.74) is 2.23. The van der Waals surface area contributed by atoms with Gasteiger partial charge in [-0.15, -0.1) is 0 Å². The van der Waals surface area contributed by atoms with Gasteiger partial charge in [-0.1, -0.05) is 29.8 Å². The van der Waals surface area contributed by atoms with Gasteiger partial charge in [-0.2, -0.15) is 0 Å². The van der Waals surface area contributed by atoms with Gasteiger partial charge in [-0.25, -0.2) is 0 Å². The van der Waals surface area contributed by atoms with Crippen molar-refractivity contribution in [1.29, 1.82) is 0 Å². The van der Waals surface area contributed by atoms with Crippen LogP contribution in [0.2, 0.25) is 0 Å². The van der Waals surface area contributed by atoms with Crippen molar-refractivity contribution in [3.8, 4) is 0 Å². The van der Waals surface area contributed by atoms with Gasteiger partial charge in [0.05, 0.1) is 6.10 Å². The molecule has 0 aliphatic carbocycles. The van der Waals surface area contributed by atoms with Crippen LogP contribution in [0, 0.1) is 6.92 Å². The molecule has 0 saturated carbocycles. The van der Waals surface area contributed by atoms with Gasteiger partial charge in [0.1, 0.15) is 0 Å². The molecule has 0 aromatic heterocycles. The maximum absolute atomic E-state index is 10.1. The lowest BCUT2D eigenvalue weighted by atomic mass is 10.0. The zero-order valence-corrected chi connectivity index (χ0v) is 11.7. The van der Waals surface area contributed by atoms with Crippen molar-refractivity contribution >= 4 is 0 Å². The van der Waals surface area contributed by atoms with E-state index in [-0.39, 0.29) is 6.10 Å². The molecule has 102 valence electrons. The Balaban J connectivity index is 2.27. The Bertz CT molecular complexity index is 324. The average molecular weight is 251 g/mol. The first-order valence-electron chi connectivity index (χ1n) is 6.55. The molecule has 1 N–H and O–H groups in total. The number of nitrogens with zero attached hydrogens (tertiary/aromatic N) is 1. The quantitative estimate of drug-likeness (QED) is 0.720. The molecular weight excluding hydrogens is 226 g/mol. The van der Waals surface area contributed by atoms with Gasteiger partial charge in [0, 0.05) is 26.8 Å². The maximum Gasteiger partial charge on any atom is 0.0802 e. The third-order valence-electron chi connectivity index (χ3n) is 3.13. The summed E-state index contributed by atoms with van der Waals surface area (Å²) in [5.74, 6) is 0. The number of benzene rings is 1. The molecule has 3 nitrogen and oxygen atoms in total. The summed E-state index contributed by atoms with van der Waals surface area (Å²) < 4.78 is 5.02. The van der Waals surface area contributed by atoms with Gasteiger partial charge >= 0.3 is 0 Å². The first kappa shape index (κ1) is 15.2. The Labute approximate surface area is 110 Å². The van der Waals surface area contributed by atoms with Crippen molar-refractivity contribution < 1.29 is 9.84 Å². The fourth-order valence-electron chi connectivity index (χ4n) is 1.89. The van der Waals surface area contributed by atoms with Gasteiger partial charge in [-0.3, -0.25) is 0 Å². The van der Waals surface area contributed by atoms with Crippen LogP contribution in [0.15, 0.2) is 24.3 Å². The highest BCUT2D eigenvalue weighted by Crippen LogP contribution is 2.17. The van der Waals surface area contributed by atoms with E-state index in [1.807, 2.05) is 24.3 Å². The van der Waals surface area contributed by atoms with Gasteiger partial charge < -0.3 is 14.7 Å². The molecule has 0 spiro atoms. The molecule has 0 saturated heterocycles. The van der Waals surface area contributed by atoms with Crippen LogP contribution in [-0.2, 0) is 4.74 Å². The number of ether oxygens (including phenoxy) is 1. The van der Waals surface area contributed by atoms with E-state index in [0.29, 0.717) is 0 Å². The second-order valence-corrected chi connectivity index (χ2v) is 4.86. The van der Waals surface area contributed by atoms with E-state index in [2.05, 4.69) is 18.9 Å². The van der Waals surface area contributed by atoms with Crippen LogP contribution in [0.4, 0.5) is 0 Å². The van der Waals surface area contributed by atoms with E-state index in [9.17, 15) is 5.11 Å². The molecule has 1 atom stereocenters. The Kier molecular flexibility index (Phi) is 6.94. The molecule has 1 unspecified atom stereocenters. The summed E-state index contributed by atoms with van der Waals surface area (Å²) in [6.45, 7) is 4.76. The van der Waals surface area contributed by atoms with Crippen molar-refractivity contribution in [3.05, 3.63) is 35.4 Å². The van der Waals surface area contributed by atoms with Crippen molar-refractivity contribution in [2.75, 3.05) is 33.9 Å². The Morgan fingerprint density at radius 3 is 2.50 bits per heavy atom. The SMILES string of the molecule is COCCCN(C)CCC(O)c1ccc(C)cc1. The normalized spacial score (nSPS) is 12.9. The maximum atomic E-state index is 10.1. The molecule has 1 rings (SSSR count). The molecule has 0 heterocycles. The standard InChI is InChI=1S/C15H25NO2/c1-13-5-7-14(8-6-13)15(17)9-11-16(2)10-4-12-18-3/h5-8,15,17H,4,9-12H2,1-3H3. The predicted molar refractivity (Wildman–Crippen MR) is 74.7 cm³/mol. The molecule has 0 amide bonds. The summed E-state index contributed by atoms with van der Waals surface area (Å²) in [6.07, 6.45) is 1.44. The van der Waals surface area contributed by atoms with E-state index >= 15 is 0 Å². The van der Waals surface area contributed by atoms with Crippen molar-refractivity contribution in [2.45, 2.75) is 25.9 Å². The third-order valence-corrected chi connectivity index (χ3v) is 3.13. The third kappa shape index (κ3) is 5.63. The molecule has 18 heavy (non-hydrogen) atoms. The first-order chi connectivity index (χ1) is 8.63. The lowest BCUT2D eigenvalue weighted by Gasteiger charge is -2.19. The van der Waals surface area contributed by atoms with Crippen LogP contribution in [0.1, 0.15) is 30.1 Å².